The zero-order valence-corrected chi connectivity index (χ0v) is 17.5. The van der Waals surface area contributed by atoms with E-state index in [1.807, 2.05) is 30.3 Å². The summed E-state index contributed by atoms with van der Waals surface area (Å²) in [5.74, 6) is -0.641. The Morgan fingerprint density at radius 2 is 1.67 bits per heavy atom. The number of nitrogens with one attached hydrogen (secondary N) is 1. The highest BCUT2D eigenvalue weighted by molar-refractivity contribution is 6.30. The van der Waals surface area contributed by atoms with Crippen molar-refractivity contribution in [2.75, 3.05) is 5.32 Å². The summed E-state index contributed by atoms with van der Waals surface area (Å²) in [5, 5.41) is 8.81. The SMILES string of the molecule is O=C(Nc1cccc2ccccc12)c1cc2nc(-c3ccc(Cl)cc3)cc(C(F)(F)F)n2n1. The van der Waals surface area contributed by atoms with Crippen LogP contribution in [0.25, 0.3) is 27.7 Å². The third kappa shape index (κ3) is 4.01. The van der Waals surface area contributed by atoms with Gasteiger partial charge in [0.2, 0.25) is 0 Å². The summed E-state index contributed by atoms with van der Waals surface area (Å²) in [7, 11) is 0. The van der Waals surface area contributed by atoms with Crippen LogP contribution in [-0.4, -0.2) is 20.5 Å². The Bertz CT molecular complexity index is 1510. The van der Waals surface area contributed by atoms with Crippen LogP contribution in [0.4, 0.5) is 18.9 Å². The zero-order chi connectivity index (χ0) is 23.2. The van der Waals surface area contributed by atoms with E-state index < -0.39 is 17.8 Å². The molecule has 0 atom stereocenters. The van der Waals surface area contributed by atoms with Crippen LogP contribution in [0.5, 0.6) is 0 Å². The molecule has 0 unspecified atom stereocenters. The first kappa shape index (κ1) is 21.0. The lowest BCUT2D eigenvalue weighted by Crippen LogP contribution is -2.16. The number of alkyl halides is 3. The Labute approximate surface area is 190 Å². The molecule has 0 bridgehead atoms. The second-order valence-corrected chi connectivity index (χ2v) is 7.75. The second-order valence-electron chi connectivity index (χ2n) is 7.31. The number of nitrogens with zero attached hydrogens (tertiary/aromatic N) is 3. The Morgan fingerprint density at radius 3 is 2.42 bits per heavy atom. The van der Waals surface area contributed by atoms with E-state index in [0.29, 0.717) is 20.8 Å². The number of benzene rings is 3. The summed E-state index contributed by atoms with van der Waals surface area (Å²) in [6.07, 6.45) is -4.71. The molecule has 1 amide bonds. The van der Waals surface area contributed by atoms with Gasteiger partial charge in [0.1, 0.15) is 0 Å². The molecule has 33 heavy (non-hydrogen) atoms. The lowest BCUT2D eigenvalue weighted by Gasteiger charge is -2.11. The highest BCUT2D eigenvalue weighted by Crippen LogP contribution is 2.33. The minimum Gasteiger partial charge on any atom is -0.320 e. The van der Waals surface area contributed by atoms with E-state index in [1.54, 1.807) is 36.4 Å². The van der Waals surface area contributed by atoms with Gasteiger partial charge in [0.15, 0.2) is 17.0 Å². The van der Waals surface area contributed by atoms with Gasteiger partial charge in [-0.25, -0.2) is 9.50 Å². The topological polar surface area (TPSA) is 59.3 Å². The molecule has 2 heterocycles. The van der Waals surface area contributed by atoms with Gasteiger partial charge in [0.05, 0.1) is 5.69 Å². The van der Waals surface area contributed by atoms with E-state index in [1.165, 1.54) is 6.07 Å². The number of aromatic nitrogens is 3. The van der Waals surface area contributed by atoms with Gasteiger partial charge in [-0.15, -0.1) is 0 Å². The van der Waals surface area contributed by atoms with Crippen LogP contribution >= 0.6 is 11.6 Å². The largest absolute Gasteiger partial charge is 0.433 e. The van der Waals surface area contributed by atoms with Crippen molar-refractivity contribution in [2.45, 2.75) is 6.18 Å². The number of hydrogen-bond donors (Lipinski definition) is 1. The molecule has 0 saturated heterocycles. The third-order valence-corrected chi connectivity index (χ3v) is 5.38. The van der Waals surface area contributed by atoms with E-state index in [9.17, 15) is 18.0 Å². The number of carbonyl (C=O) groups excluding carboxylic acids is 1. The predicted octanol–water partition coefficient (Wildman–Crippen LogP) is 6.47. The van der Waals surface area contributed by atoms with E-state index in [0.717, 1.165) is 16.8 Å². The summed E-state index contributed by atoms with van der Waals surface area (Å²) >= 11 is 5.88. The lowest BCUT2D eigenvalue weighted by molar-refractivity contribution is -0.142. The Balaban J connectivity index is 1.58. The third-order valence-electron chi connectivity index (χ3n) is 5.13. The number of fused-ring (bicyclic) bond motifs is 2. The average molecular weight is 467 g/mol. The summed E-state index contributed by atoms with van der Waals surface area (Å²) < 4.78 is 42.0. The summed E-state index contributed by atoms with van der Waals surface area (Å²) in [6, 6.07) is 21.3. The second kappa shape index (κ2) is 7.90. The van der Waals surface area contributed by atoms with Crippen LogP contribution < -0.4 is 5.32 Å². The van der Waals surface area contributed by atoms with Gasteiger partial charge in [-0.3, -0.25) is 4.79 Å². The molecule has 5 nitrogen and oxygen atoms in total. The van der Waals surface area contributed by atoms with E-state index >= 15 is 0 Å². The normalized spacial score (nSPS) is 11.8. The van der Waals surface area contributed by atoms with Crippen molar-refractivity contribution < 1.29 is 18.0 Å². The molecule has 0 saturated carbocycles. The van der Waals surface area contributed by atoms with Crippen LogP contribution in [0.2, 0.25) is 5.02 Å². The number of hydrogen-bond acceptors (Lipinski definition) is 3. The molecule has 3 aromatic carbocycles. The number of amides is 1. The lowest BCUT2D eigenvalue weighted by atomic mass is 10.1. The van der Waals surface area contributed by atoms with Crippen LogP contribution in [0.15, 0.2) is 78.9 Å². The van der Waals surface area contributed by atoms with Crippen LogP contribution in [0.3, 0.4) is 0 Å². The molecule has 164 valence electrons. The quantitative estimate of drug-likeness (QED) is 0.331. The standard InChI is InChI=1S/C24H14ClF3N4O/c25-16-10-8-15(9-11-16)19-12-21(24(26,27)28)32-22(29-19)13-20(31-32)23(33)30-18-7-3-5-14-4-1-2-6-17(14)18/h1-13H,(H,30,33). The predicted molar refractivity (Wildman–Crippen MR) is 120 cm³/mol. The van der Waals surface area contributed by atoms with Crippen molar-refractivity contribution in [3.63, 3.8) is 0 Å². The molecule has 1 N–H and O–H groups in total. The molecule has 5 aromatic rings. The number of anilines is 1. The fourth-order valence-electron chi connectivity index (χ4n) is 3.58. The maximum absolute atomic E-state index is 13.8. The van der Waals surface area contributed by atoms with Crippen molar-refractivity contribution in [1.82, 2.24) is 14.6 Å². The fourth-order valence-corrected chi connectivity index (χ4v) is 3.70. The van der Waals surface area contributed by atoms with Gasteiger partial charge in [-0.1, -0.05) is 60.1 Å². The highest BCUT2D eigenvalue weighted by Gasteiger charge is 2.35. The molecule has 5 rings (SSSR count). The number of rotatable bonds is 3. The molecule has 9 heteroatoms. The van der Waals surface area contributed by atoms with E-state index in [2.05, 4.69) is 15.4 Å². The first-order valence-corrected chi connectivity index (χ1v) is 10.2. The first-order valence-electron chi connectivity index (χ1n) is 9.83. The summed E-state index contributed by atoms with van der Waals surface area (Å²) in [4.78, 5) is 17.2. The minimum absolute atomic E-state index is 0.0902. The van der Waals surface area contributed by atoms with E-state index in [4.69, 9.17) is 11.6 Å². The zero-order valence-electron chi connectivity index (χ0n) is 16.8. The van der Waals surface area contributed by atoms with Gasteiger partial charge in [-0.2, -0.15) is 18.3 Å². The fraction of sp³-hybridized carbons (Fsp3) is 0.0417. The first-order chi connectivity index (χ1) is 15.8. The van der Waals surface area contributed by atoms with Crippen molar-refractivity contribution >= 4 is 39.6 Å². The summed E-state index contributed by atoms with van der Waals surface area (Å²) in [5.41, 5.74) is -0.252. The molecule has 0 spiro atoms. The van der Waals surface area contributed by atoms with Gasteiger partial charge < -0.3 is 5.32 Å². The molecular weight excluding hydrogens is 453 g/mol. The van der Waals surface area contributed by atoms with Crippen molar-refractivity contribution in [1.29, 1.82) is 0 Å². The van der Waals surface area contributed by atoms with Gasteiger partial charge in [0, 0.05) is 27.7 Å². The van der Waals surface area contributed by atoms with Crippen LogP contribution in [-0.2, 0) is 6.18 Å². The van der Waals surface area contributed by atoms with Gasteiger partial charge in [0.25, 0.3) is 5.91 Å². The average Bonchev–Trinajstić information content (AvgIpc) is 3.23. The molecule has 0 aliphatic rings. The molecular formula is C24H14ClF3N4O. The van der Waals surface area contributed by atoms with Crippen LogP contribution in [0.1, 0.15) is 16.2 Å². The Hall–Kier alpha value is -3.91. The Morgan fingerprint density at radius 1 is 0.939 bits per heavy atom. The maximum atomic E-state index is 13.8. The smallest absolute Gasteiger partial charge is 0.320 e. The molecule has 0 radical (unpaired) electrons. The molecule has 0 fully saturated rings. The van der Waals surface area contributed by atoms with Crippen molar-refractivity contribution in [2.24, 2.45) is 0 Å². The highest BCUT2D eigenvalue weighted by atomic mass is 35.5. The maximum Gasteiger partial charge on any atom is 0.433 e. The van der Waals surface area contributed by atoms with Crippen LogP contribution in [0, 0.1) is 0 Å². The monoisotopic (exact) mass is 466 g/mol. The number of halogens is 4. The Kier molecular flexibility index (Phi) is 5.02. The van der Waals surface area contributed by atoms with Gasteiger partial charge >= 0.3 is 6.18 Å². The molecule has 0 aliphatic carbocycles. The molecule has 0 aliphatic heterocycles. The minimum atomic E-state index is -4.71. The van der Waals surface area contributed by atoms with Gasteiger partial charge in [-0.05, 0) is 29.7 Å². The van der Waals surface area contributed by atoms with E-state index in [-0.39, 0.29) is 17.0 Å². The van der Waals surface area contributed by atoms with Crippen molar-refractivity contribution in [3.8, 4) is 11.3 Å². The number of carbonyl (C=O) groups is 1. The molecule has 2 aromatic heterocycles. The summed E-state index contributed by atoms with van der Waals surface area (Å²) in [6.45, 7) is 0. The van der Waals surface area contributed by atoms with Crippen molar-refractivity contribution in [3.05, 3.63) is 95.3 Å².